The van der Waals surface area contributed by atoms with Crippen LogP contribution in [0.4, 0.5) is 0 Å². The van der Waals surface area contributed by atoms with Crippen molar-refractivity contribution in [3.05, 3.63) is 120 Å². The van der Waals surface area contributed by atoms with Crippen LogP contribution in [0.15, 0.2) is 104 Å². The Morgan fingerprint density at radius 3 is 1.46 bits per heavy atom. The molecular weight excluding hydrogens is 352 g/mol. The van der Waals surface area contributed by atoms with E-state index in [1.165, 1.54) is 0 Å². The van der Waals surface area contributed by atoms with Crippen LogP contribution in [0, 0.1) is 0 Å². The predicted octanol–water partition coefficient (Wildman–Crippen LogP) is 4.67. The molecule has 4 heteroatoms. The zero-order valence-corrected chi connectivity index (χ0v) is 15.3. The second-order valence-electron chi connectivity index (χ2n) is 5.69. The number of carbonyl (C=O) groups excluding carboxylic acids is 3. The van der Waals surface area contributed by atoms with Gasteiger partial charge in [0, 0.05) is 17.2 Å². The Labute approximate surface area is 164 Å². The van der Waals surface area contributed by atoms with E-state index in [1.807, 2.05) is 42.5 Å². The third-order valence-electron chi connectivity index (χ3n) is 3.67. The molecule has 0 radical (unpaired) electrons. The van der Waals surface area contributed by atoms with E-state index in [4.69, 9.17) is 4.74 Å². The summed E-state index contributed by atoms with van der Waals surface area (Å²) in [6.45, 7) is 3.61. The largest absolute Gasteiger partial charge is 0.458 e. The lowest BCUT2D eigenvalue weighted by molar-refractivity contribution is -0.138. The number of ketones is 2. The highest BCUT2D eigenvalue weighted by molar-refractivity contribution is 6.49. The molecule has 0 aromatic heterocycles. The molecule has 3 rings (SSSR count). The van der Waals surface area contributed by atoms with Gasteiger partial charge in [0.15, 0.2) is 0 Å². The molecule has 0 saturated carbocycles. The fraction of sp³-hybridized carbons (Fsp3) is 0.0417. The Morgan fingerprint density at radius 2 is 1.07 bits per heavy atom. The lowest BCUT2D eigenvalue weighted by Gasteiger charge is -2.00. The van der Waals surface area contributed by atoms with Crippen LogP contribution in [0.3, 0.4) is 0 Å². The highest BCUT2D eigenvalue weighted by Gasteiger charge is 2.17. The first-order valence-electron chi connectivity index (χ1n) is 8.64. The van der Waals surface area contributed by atoms with Crippen molar-refractivity contribution in [2.45, 2.75) is 6.61 Å². The molecule has 140 valence electrons. The van der Waals surface area contributed by atoms with E-state index < -0.39 is 11.6 Å². The zero-order chi connectivity index (χ0) is 20.2. The zero-order valence-electron chi connectivity index (χ0n) is 15.3. The van der Waals surface area contributed by atoms with Gasteiger partial charge in [-0.05, 0) is 5.56 Å². The topological polar surface area (TPSA) is 60.4 Å². The van der Waals surface area contributed by atoms with Gasteiger partial charge in [-0.15, -0.1) is 0 Å². The average molecular weight is 372 g/mol. The minimum Gasteiger partial charge on any atom is -0.458 e. The standard InChI is InChI=1S/C14H10O2.C10H10O2/c15-13(11-7-3-1-4-8-11)14(16)12-9-5-2-6-10-12;1-2-10(11)12-8-9-6-4-3-5-7-9/h1-10H;2-7H,1,8H2. The van der Waals surface area contributed by atoms with Crippen LogP contribution in [0.2, 0.25) is 0 Å². The van der Waals surface area contributed by atoms with E-state index in [2.05, 4.69) is 6.58 Å². The van der Waals surface area contributed by atoms with E-state index in [1.54, 1.807) is 48.5 Å². The fourth-order valence-electron chi connectivity index (χ4n) is 2.23. The Bertz CT molecular complexity index is 867. The van der Waals surface area contributed by atoms with Crippen molar-refractivity contribution in [2.75, 3.05) is 0 Å². The van der Waals surface area contributed by atoms with Crippen LogP contribution in [-0.2, 0) is 16.1 Å². The summed E-state index contributed by atoms with van der Waals surface area (Å²) >= 11 is 0. The fourth-order valence-corrected chi connectivity index (χ4v) is 2.23. The van der Waals surface area contributed by atoms with Crippen LogP contribution in [-0.4, -0.2) is 17.5 Å². The molecule has 0 aliphatic rings. The first kappa shape index (κ1) is 20.5. The van der Waals surface area contributed by atoms with E-state index in [0.29, 0.717) is 17.7 Å². The Hall–Kier alpha value is -3.79. The van der Waals surface area contributed by atoms with Gasteiger partial charge in [-0.1, -0.05) is 97.6 Å². The maximum Gasteiger partial charge on any atom is 0.330 e. The summed E-state index contributed by atoms with van der Waals surface area (Å²) in [5.74, 6) is -1.32. The van der Waals surface area contributed by atoms with Crippen LogP contribution in [0.25, 0.3) is 0 Å². The maximum atomic E-state index is 11.8. The van der Waals surface area contributed by atoms with E-state index in [0.717, 1.165) is 11.6 Å². The van der Waals surface area contributed by atoms with Gasteiger partial charge in [-0.3, -0.25) is 9.59 Å². The summed E-state index contributed by atoms with van der Waals surface area (Å²) in [6.07, 6.45) is 1.16. The molecule has 0 aliphatic heterocycles. The number of carbonyl (C=O) groups is 3. The van der Waals surface area contributed by atoms with Crippen LogP contribution >= 0.6 is 0 Å². The summed E-state index contributed by atoms with van der Waals surface area (Å²) in [7, 11) is 0. The maximum absolute atomic E-state index is 11.8. The molecule has 0 saturated heterocycles. The molecule has 3 aromatic carbocycles. The van der Waals surface area contributed by atoms with Gasteiger partial charge in [0.05, 0.1) is 0 Å². The summed E-state index contributed by atoms with van der Waals surface area (Å²) in [5.41, 5.74) is 1.83. The van der Waals surface area contributed by atoms with Gasteiger partial charge in [0.2, 0.25) is 11.6 Å². The number of hydrogen-bond acceptors (Lipinski definition) is 4. The third-order valence-corrected chi connectivity index (χ3v) is 3.67. The van der Waals surface area contributed by atoms with E-state index in [9.17, 15) is 14.4 Å². The van der Waals surface area contributed by atoms with Gasteiger partial charge >= 0.3 is 5.97 Å². The number of rotatable bonds is 6. The summed E-state index contributed by atoms with van der Waals surface area (Å²) in [5, 5.41) is 0. The highest BCUT2D eigenvalue weighted by Crippen LogP contribution is 2.07. The van der Waals surface area contributed by atoms with Crippen LogP contribution in [0.5, 0.6) is 0 Å². The highest BCUT2D eigenvalue weighted by atomic mass is 16.5. The third kappa shape index (κ3) is 6.50. The monoisotopic (exact) mass is 372 g/mol. The second-order valence-corrected chi connectivity index (χ2v) is 5.69. The van der Waals surface area contributed by atoms with Crippen molar-refractivity contribution in [1.29, 1.82) is 0 Å². The van der Waals surface area contributed by atoms with Gasteiger partial charge in [0.25, 0.3) is 0 Å². The number of benzene rings is 3. The molecule has 0 aliphatic carbocycles. The van der Waals surface area contributed by atoms with Crippen molar-refractivity contribution in [1.82, 2.24) is 0 Å². The molecule has 0 N–H and O–H groups in total. The van der Waals surface area contributed by atoms with Crippen molar-refractivity contribution in [3.8, 4) is 0 Å². The van der Waals surface area contributed by atoms with Crippen LogP contribution < -0.4 is 0 Å². The lowest BCUT2D eigenvalue weighted by Crippen LogP contribution is -2.14. The summed E-state index contributed by atoms with van der Waals surface area (Å²) in [4.78, 5) is 34.2. The molecule has 3 aromatic rings. The molecule has 4 nitrogen and oxygen atoms in total. The first-order chi connectivity index (χ1) is 13.6. The van der Waals surface area contributed by atoms with Crippen LogP contribution in [0.1, 0.15) is 26.3 Å². The predicted molar refractivity (Wildman–Crippen MR) is 108 cm³/mol. The first-order valence-corrected chi connectivity index (χ1v) is 8.64. The second kappa shape index (κ2) is 11.0. The normalized spacial score (nSPS) is 9.43. The van der Waals surface area contributed by atoms with Gasteiger partial charge < -0.3 is 4.74 Å². The van der Waals surface area contributed by atoms with Gasteiger partial charge in [-0.25, -0.2) is 4.79 Å². The molecule has 0 spiro atoms. The SMILES string of the molecule is C=CC(=O)OCc1ccccc1.O=C(C(=O)c1ccccc1)c1ccccc1. The summed E-state index contributed by atoms with van der Waals surface area (Å²) < 4.78 is 4.82. The molecule has 0 heterocycles. The minimum absolute atomic E-state index is 0.311. The van der Waals surface area contributed by atoms with Gasteiger partial charge in [-0.2, -0.15) is 0 Å². The number of esters is 1. The molecule has 28 heavy (non-hydrogen) atoms. The molecule has 0 atom stereocenters. The number of ether oxygens (including phenoxy) is 1. The Balaban J connectivity index is 0.000000209. The van der Waals surface area contributed by atoms with Crippen molar-refractivity contribution in [3.63, 3.8) is 0 Å². The quantitative estimate of drug-likeness (QED) is 0.273. The minimum atomic E-state index is -0.466. The average Bonchev–Trinajstić information content (AvgIpc) is 2.78. The van der Waals surface area contributed by atoms with E-state index in [-0.39, 0.29) is 5.97 Å². The smallest absolute Gasteiger partial charge is 0.330 e. The Kier molecular flexibility index (Phi) is 8.09. The number of Topliss-reactive ketones (excluding diaryl/α,β-unsaturated/α-hetero) is 2. The molecule has 0 amide bonds. The van der Waals surface area contributed by atoms with Crippen molar-refractivity contribution >= 4 is 17.5 Å². The molecule has 0 bridgehead atoms. The number of hydrogen-bond donors (Lipinski definition) is 0. The molecular formula is C24H20O4. The Morgan fingerprint density at radius 1 is 0.679 bits per heavy atom. The van der Waals surface area contributed by atoms with Crippen molar-refractivity contribution in [2.24, 2.45) is 0 Å². The van der Waals surface area contributed by atoms with E-state index >= 15 is 0 Å². The lowest BCUT2D eigenvalue weighted by atomic mass is 10.0. The van der Waals surface area contributed by atoms with Crippen molar-refractivity contribution < 1.29 is 19.1 Å². The molecule has 0 unspecified atom stereocenters. The summed E-state index contributed by atoms with van der Waals surface area (Å²) in [6, 6.07) is 26.7. The van der Waals surface area contributed by atoms with Gasteiger partial charge in [0.1, 0.15) is 6.61 Å². The molecule has 0 fully saturated rings.